The molecule has 124 valence electrons. The molecule has 0 saturated heterocycles. The van der Waals surface area contributed by atoms with E-state index in [2.05, 4.69) is 40.5 Å². The molecule has 3 rings (SSSR count). The maximum Gasteiger partial charge on any atom is 0.245 e. The lowest BCUT2D eigenvalue weighted by Crippen LogP contribution is -2.21. The van der Waals surface area contributed by atoms with Crippen molar-refractivity contribution < 1.29 is 4.79 Å². The van der Waals surface area contributed by atoms with Gasteiger partial charge in [0.15, 0.2) is 0 Å². The highest BCUT2D eigenvalue weighted by molar-refractivity contribution is 5.89. The minimum absolute atomic E-state index is 0.0958. The van der Waals surface area contributed by atoms with Gasteiger partial charge in [-0.2, -0.15) is 5.10 Å². The monoisotopic (exact) mass is 323 g/mol. The minimum atomic E-state index is -0.0958. The molecule has 6 nitrogen and oxygen atoms in total. The topological polar surface area (TPSA) is 64.7 Å². The lowest BCUT2D eigenvalue weighted by atomic mass is 10.1. The smallest absolute Gasteiger partial charge is 0.245 e. The Kier molecular flexibility index (Phi) is 4.46. The highest BCUT2D eigenvalue weighted by Gasteiger charge is 2.10. The van der Waals surface area contributed by atoms with Crippen molar-refractivity contribution in [3.8, 4) is 0 Å². The molecule has 1 amide bonds. The molecule has 24 heavy (non-hydrogen) atoms. The van der Waals surface area contributed by atoms with E-state index < -0.39 is 0 Å². The largest absolute Gasteiger partial charge is 0.325 e. The molecule has 0 aliphatic carbocycles. The van der Waals surface area contributed by atoms with Crippen LogP contribution < -0.4 is 5.32 Å². The molecule has 3 aromatic rings. The molecule has 0 saturated carbocycles. The predicted molar refractivity (Wildman–Crippen MR) is 92.8 cm³/mol. The van der Waals surface area contributed by atoms with E-state index in [9.17, 15) is 4.79 Å². The fourth-order valence-corrected chi connectivity index (χ4v) is 2.59. The Morgan fingerprint density at radius 3 is 2.75 bits per heavy atom. The highest BCUT2D eigenvalue weighted by atomic mass is 16.2. The maximum absolute atomic E-state index is 12.3. The quantitative estimate of drug-likeness (QED) is 0.785. The molecule has 0 spiro atoms. The second kappa shape index (κ2) is 6.70. The van der Waals surface area contributed by atoms with Gasteiger partial charge in [-0.25, -0.2) is 9.67 Å². The normalized spacial score (nSPS) is 10.8. The molecule has 0 atom stereocenters. The number of rotatable bonds is 5. The van der Waals surface area contributed by atoms with Crippen molar-refractivity contribution in [2.45, 2.75) is 33.9 Å². The average Bonchev–Trinajstić information content (AvgIpc) is 3.09. The molecule has 1 N–H and O–H groups in total. The second-order valence-electron chi connectivity index (χ2n) is 5.95. The van der Waals surface area contributed by atoms with E-state index in [0.29, 0.717) is 12.4 Å². The van der Waals surface area contributed by atoms with Crippen LogP contribution in [0.1, 0.15) is 22.5 Å². The molecule has 2 heterocycles. The molecule has 0 bridgehead atoms. The van der Waals surface area contributed by atoms with E-state index >= 15 is 0 Å². The third kappa shape index (κ3) is 3.53. The lowest BCUT2D eigenvalue weighted by Gasteiger charge is -2.10. The number of nitrogens with zero attached hydrogens (tertiary/aromatic N) is 4. The second-order valence-corrected chi connectivity index (χ2v) is 5.95. The highest BCUT2D eigenvalue weighted by Crippen LogP contribution is 2.12. The maximum atomic E-state index is 12.3. The molecule has 0 aliphatic heterocycles. The van der Waals surface area contributed by atoms with Crippen molar-refractivity contribution in [1.29, 1.82) is 0 Å². The summed E-state index contributed by atoms with van der Waals surface area (Å²) in [6.45, 7) is 6.80. The van der Waals surface area contributed by atoms with Gasteiger partial charge in [0, 0.05) is 11.8 Å². The van der Waals surface area contributed by atoms with Gasteiger partial charge in [-0.3, -0.25) is 4.79 Å². The lowest BCUT2D eigenvalue weighted by molar-refractivity contribution is -0.116. The molecule has 0 unspecified atom stereocenters. The fraction of sp³-hybridized carbons (Fsp3) is 0.278. The molecular formula is C18H21N5O. The molecule has 0 radical (unpaired) electrons. The van der Waals surface area contributed by atoms with E-state index in [0.717, 1.165) is 17.0 Å². The van der Waals surface area contributed by atoms with Crippen LogP contribution in [0.2, 0.25) is 0 Å². The zero-order valence-electron chi connectivity index (χ0n) is 14.2. The average molecular weight is 323 g/mol. The number of hydrogen-bond acceptors (Lipinski definition) is 3. The minimum Gasteiger partial charge on any atom is -0.325 e. The molecule has 2 aromatic heterocycles. The Labute approximate surface area is 141 Å². The van der Waals surface area contributed by atoms with Gasteiger partial charge in [0.1, 0.15) is 12.4 Å². The van der Waals surface area contributed by atoms with Crippen molar-refractivity contribution in [2.75, 3.05) is 5.32 Å². The number of aromatic nitrogens is 4. The first-order chi connectivity index (χ1) is 11.5. The van der Waals surface area contributed by atoms with Crippen molar-refractivity contribution in [1.82, 2.24) is 19.3 Å². The Hall–Kier alpha value is -2.89. The first-order valence-corrected chi connectivity index (χ1v) is 7.88. The first-order valence-electron chi connectivity index (χ1n) is 7.88. The van der Waals surface area contributed by atoms with Gasteiger partial charge in [0.2, 0.25) is 5.91 Å². The van der Waals surface area contributed by atoms with Gasteiger partial charge in [0.25, 0.3) is 0 Å². The Morgan fingerprint density at radius 1 is 1.21 bits per heavy atom. The van der Waals surface area contributed by atoms with Gasteiger partial charge in [-0.1, -0.05) is 29.8 Å². The number of imidazole rings is 1. The number of amides is 1. The zero-order valence-corrected chi connectivity index (χ0v) is 14.2. The number of carbonyl (C=O) groups excluding carboxylic acids is 1. The van der Waals surface area contributed by atoms with Gasteiger partial charge in [-0.05, 0) is 26.3 Å². The van der Waals surface area contributed by atoms with Crippen molar-refractivity contribution >= 4 is 11.7 Å². The number of benzene rings is 1. The molecular weight excluding hydrogens is 302 g/mol. The number of carbonyl (C=O) groups is 1. The summed E-state index contributed by atoms with van der Waals surface area (Å²) in [6.07, 6.45) is 3.38. The standard InChI is InChI=1S/C18H21N5O/c1-13-5-4-6-16(9-13)10-23-17(7-8-20-23)21-18(24)11-22-12-19-14(2)15(22)3/h4-9,12H,10-11H2,1-3H3,(H,21,24). The summed E-state index contributed by atoms with van der Waals surface area (Å²) in [7, 11) is 0. The number of aryl methyl sites for hydroxylation is 2. The van der Waals surface area contributed by atoms with E-state index in [4.69, 9.17) is 0 Å². The van der Waals surface area contributed by atoms with E-state index in [1.54, 1.807) is 23.3 Å². The van der Waals surface area contributed by atoms with Gasteiger partial charge in [0.05, 0.1) is 24.8 Å². The number of hydrogen-bond donors (Lipinski definition) is 1. The van der Waals surface area contributed by atoms with Crippen LogP contribution in [0.3, 0.4) is 0 Å². The van der Waals surface area contributed by atoms with Crippen molar-refractivity contribution in [3.05, 3.63) is 65.4 Å². The number of nitrogens with one attached hydrogen (secondary N) is 1. The summed E-state index contributed by atoms with van der Waals surface area (Å²) < 4.78 is 3.63. The van der Waals surface area contributed by atoms with Crippen LogP contribution in [-0.2, 0) is 17.9 Å². The van der Waals surface area contributed by atoms with Crippen molar-refractivity contribution in [3.63, 3.8) is 0 Å². The predicted octanol–water partition coefficient (Wildman–Crippen LogP) is 2.69. The van der Waals surface area contributed by atoms with Crippen molar-refractivity contribution in [2.24, 2.45) is 0 Å². The van der Waals surface area contributed by atoms with Crippen LogP contribution in [0.5, 0.6) is 0 Å². The van der Waals surface area contributed by atoms with Crippen LogP contribution in [0.15, 0.2) is 42.9 Å². The molecule has 6 heteroatoms. The SMILES string of the molecule is Cc1cccc(Cn2nccc2NC(=O)Cn2cnc(C)c2C)c1. The van der Waals surface area contributed by atoms with Crippen LogP contribution in [-0.4, -0.2) is 25.2 Å². The third-order valence-corrected chi connectivity index (χ3v) is 4.06. The molecule has 0 fully saturated rings. The van der Waals surface area contributed by atoms with E-state index in [1.807, 2.05) is 24.5 Å². The van der Waals surface area contributed by atoms with Gasteiger partial charge >= 0.3 is 0 Å². The summed E-state index contributed by atoms with van der Waals surface area (Å²) in [6, 6.07) is 10.1. The van der Waals surface area contributed by atoms with Crippen LogP contribution in [0, 0.1) is 20.8 Å². The van der Waals surface area contributed by atoms with Crippen LogP contribution in [0.25, 0.3) is 0 Å². The van der Waals surface area contributed by atoms with Crippen LogP contribution >= 0.6 is 0 Å². The van der Waals surface area contributed by atoms with Gasteiger partial charge < -0.3 is 9.88 Å². The van der Waals surface area contributed by atoms with Gasteiger partial charge in [-0.15, -0.1) is 0 Å². The van der Waals surface area contributed by atoms with E-state index in [-0.39, 0.29) is 12.5 Å². The number of anilines is 1. The molecule has 0 aliphatic rings. The van der Waals surface area contributed by atoms with Crippen LogP contribution in [0.4, 0.5) is 5.82 Å². The summed E-state index contributed by atoms with van der Waals surface area (Å²) in [5.74, 6) is 0.595. The Bertz CT molecular complexity index is 862. The van der Waals surface area contributed by atoms with E-state index in [1.165, 1.54) is 5.56 Å². The Balaban J connectivity index is 1.69. The third-order valence-electron chi connectivity index (χ3n) is 4.06. The summed E-state index contributed by atoms with van der Waals surface area (Å²) in [4.78, 5) is 16.5. The molecule has 1 aromatic carbocycles. The zero-order chi connectivity index (χ0) is 17.1. The summed E-state index contributed by atoms with van der Waals surface area (Å²) in [5, 5.41) is 7.23. The fourth-order valence-electron chi connectivity index (χ4n) is 2.59. The first kappa shape index (κ1) is 16.0. The summed E-state index contributed by atoms with van der Waals surface area (Å²) in [5.41, 5.74) is 4.29. The Morgan fingerprint density at radius 2 is 2.04 bits per heavy atom. The summed E-state index contributed by atoms with van der Waals surface area (Å²) >= 11 is 0.